The van der Waals surface area contributed by atoms with Gasteiger partial charge in [-0.05, 0) is 44.1 Å². The lowest BCUT2D eigenvalue weighted by molar-refractivity contribution is 0.237. The zero-order valence-electron chi connectivity index (χ0n) is 11.2. The SMILES string of the molecule is Nc1ccc2nc(NCCN3CCCCC3)[nH]c2c1. The van der Waals surface area contributed by atoms with E-state index in [1.165, 1.54) is 32.4 Å². The van der Waals surface area contributed by atoms with E-state index in [-0.39, 0.29) is 0 Å². The van der Waals surface area contributed by atoms with Gasteiger partial charge in [0.25, 0.3) is 0 Å². The number of nitrogens with zero attached hydrogens (tertiary/aromatic N) is 2. The number of nitrogens with one attached hydrogen (secondary N) is 2. The summed E-state index contributed by atoms with van der Waals surface area (Å²) in [5.74, 6) is 0.831. The van der Waals surface area contributed by atoms with E-state index in [9.17, 15) is 0 Å². The maximum absolute atomic E-state index is 5.76. The van der Waals surface area contributed by atoms with Gasteiger partial charge in [-0.2, -0.15) is 0 Å². The number of fused-ring (bicyclic) bond motifs is 1. The molecule has 1 aromatic heterocycles. The number of hydrogen-bond acceptors (Lipinski definition) is 4. The lowest BCUT2D eigenvalue weighted by Crippen LogP contribution is -2.33. The summed E-state index contributed by atoms with van der Waals surface area (Å²) in [4.78, 5) is 10.3. The van der Waals surface area contributed by atoms with Gasteiger partial charge < -0.3 is 20.9 Å². The molecule has 1 aliphatic rings. The predicted octanol–water partition coefficient (Wildman–Crippen LogP) is 2.04. The maximum atomic E-state index is 5.76. The van der Waals surface area contributed by atoms with Gasteiger partial charge in [-0.25, -0.2) is 4.98 Å². The minimum atomic E-state index is 0.760. The molecule has 4 N–H and O–H groups in total. The highest BCUT2D eigenvalue weighted by Crippen LogP contribution is 2.17. The van der Waals surface area contributed by atoms with Crippen molar-refractivity contribution >= 4 is 22.7 Å². The minimum absolute atomic E-state index is 0.760. The van der Waals surface area contributed by atoms with Gasteiger partial charge in [0, 0.05) is 18.8 Å². The third kappa shape index (κ3) is 2.98. The van der Waals surface area contributed by atoms with E-state index in [0.717, 1.165) is 35.8 Å². The Morgan fingerprint density at radius 2 is 2.11 bits per heavy atom. The van der Waals surface area contributed by atoms with Crippen molar-refractivity contribution in [3.05, 3.63) is 18.2 Å². The third-order valence-corrected chi connectivity index (χ3v) is 3.68. The van der Waals surface area contributed by atoms with Crippen LogP contribution >= 0.6 is 0 Å². The molecule has 0 atom stereocenters. The summed E-state index contributed by atoms with van der Waals surface area (Å²) in [6, 6.07) is 5.73. The van der Waals surface area contributed by atoms with E-state index in [0.29, 0.717) is 0 Å². The number of imidazole rings is 1. The quantitative estimate of drug-likeness (QED) is 0.735. The Kier molecular flexibility index (Phi) is 3.55. The number of H-pyrrole nitrogens is 1. The Morgan fingerprint density at radius 3 is 2.95 bits per heavy atom. The fourth-order valence-corrected chi connectivity index (χ4v) is 2.63. The predicted molar refractivity (Wildman–Crippen MR) is 79.3 cm³/mol. The van der Waals surface area contributed by atoms with E-state index in [2.05, 4.69) is 20.2 Å². The highest BCUT2D eigenvalue weighted by Gasteiger charge is 2.09. The van der Waals surface area contributed by atoms with Crippen LogP contribution in [0.2, 0.25) is 0 Å². The molecule has 1 saturated heterocycles. The Labute approximate surface area is 113 Å². The minimum Gasteiger partial charge on any atom is -0.399 e. The van der Waals surface area contributed by atoms with E-state index in [1.54, 1.807) is 0 Å². The summed E-state index contributed by atoms with van der Waals surface area (Å²) < 4.78 is 0. The Hall–Kier alpha value is -1.75. The molecular formula is C14H21N5. The molecule has 0 aliphatic carbocycles. The summed E-state index contributed by atoms with van der Waals surface area (Å²) in [6.07, 6.45) is 4.06. The van der Waals surface area contributed by atoms with E-state index >= 15 is 0 Å². The van der Waals surface area contributed by atoms with Gasteiger partial charge in [0.2, 0.25) is 5.95 Å². The highest BCUT2D eigenvalue weighted by atomic mass is 15.2. The van der Waals surface area contributed by atoms with Crippen molar-refractivity contribution < 1.29 is 0 Å². The number of likely N-dealkylation sites (tertiary alicyclic amines) is 1. The first-order valence-electron chi connectivity index (χ1n) is 7.03. The van der Waals surface area contributed by atoms with Crippen LogP contribution in [0.1, 0.15) is 19.3 Å². The standard InChI is InChI=1S/C14H21N5/c15-11-4-5-12-13(10-11)18-14(17-12)16-6-9-19-7-2-1-3-8-19/h4-5,10H,1-3,6-9,15H2,(H2,16,17,18). The van der Waals surface area contributed by atoms with Crippen LogP contribution in [-0.4, -0.2) is 41.0 Å². The van der Waals surface area contributed by atoms with Crippen molar-refractivity contribution in [3.8, 4) is 0 Å². The fourth-order valence-electron chi connectivity index (χ4n) is 2.63. The largest absolute Gasteiger partial charge is 0.399 e. The molecule has 2 heterocycles. The average molecular weight is 259 g/mol. The Bertz CT molecular complexity index is 542. The van der Waals surface area contributed by atoms with Crippen molar-refractivity contribution in [2.24, 2.45) is 0 Å². The van der Waals surface area contributed by atoms with Crippen molar-refractivity contribution in [1.82, 2.24) is 14.9 Å². The molecule has 102 valence electrons. The molecule has 0 spiro atoms. The fraction of sp³-hybridized carbons (Fsp3) is 0.500. The van der Waals surface area contributed by atoms with Crippen LogP contribution in [-0.2, 0) is 0 Å². The molecule has 3 rings (SSSR count). The Morgan fingerprint density at radius 1 is 1.26 bits per heavy atom. The van der Waals surface area contributed by atoms with Gasteiger partial charge in [-0.3, -0.25) is 0 Å². The molecule has 0 saturated carbocycles. The zero-order valence-corrected chi connectivity index (χ0v) is 11.2. The van der Waals surface area contributed by atoms with Gasteiger partial charge in [-0.15, -0.1) is 0 Å². The highest BCUT2D eigenvalue weighted by molar-refractivity contribution is 5.80. The normalized spacial score (nSPS) is 16.8. The number of benzene rings is 1. The van der Waals surface area contributed by atoms with Gasteiger partial charge in [-0.1, -0.05) is 6.42 Å². The molecule has 1 aromatic carbocycles. The van der Waals surface area contributed by atoms with Crippen LogP contribution in [0.15, 0.2) is 18.2 Å². The first-order valence-corrected chi connectivity index (χ1v) is 7.03. The first kappa shape index (κ1) is 12.3. The van der Waals surface area contributed by atoms with Crippen LogP contribution in [0.3, 0.4) is 0 Å². The summed E-state index contributed by atoms with van der Waals surface area (Å²) in [7, 11) is 0. The van der Waals surface area contributed by atoms with Crippen molar-refractivity contribution in [2.75, 3.05) is 37.2 Å². The van der Waals surface area contributed by atoms with Gasteiger partial charge in [0.15, 0.2) is 0 Å². The molecule has 0 bridgehead atoms. The van der Waals surface area contributed by atoms with Crippen LogP contribution < -0.4 is 11.1 Å². The number of aromatic amines is 1. The summed E-state index contributed by atoms with van der Waals surface area (Å²) in [6.45, 7) is 4.48. The van der Waals surface area contributed by atoms with Crippen LogP contribution in [0, 0.1) is 0 Å². The van der Waals surface area contributed by atoms with E-state index < -0.39 is 0 Å². The summed E-state index contributed by atoms with van der Waals surface area (Å²) in [5.41, 5.74) is 8.46. The number of aromatic nitrogens is 2. The number of hydrogen-bond donors (Lipinski definition) is 3. The number of anilines is 2. The molecule has 0 unspecified atom stereocenters. The lowest BCUT2D eigenvalue weighted by Gasteiger charge is -2.26. The Balaban J connectivity index is 1.56. The first-order chi connectivity index (χ1) is 9.31. The zero-order chi connectivity index (χ0) is 13.1. The van der Waals surface area contributed by atoms with E-state index in [4.69, 9.17) is 5.73 Å². The van der Waals surface area contributed by atoms with E-state index in [1.807, 2.05) is 18.2 Å². The van der Waals surface area contributed by atoms with Crippen LogP contribution in [0.4, 0.5) is 11.6 Å². The van der Waals surface area contributed by atoms with Crippen molar-refractivity contribution in [1.29, 1.82) is 0 Å². The van der Waals surface area contributed by atoms with Gasteiger partial charge >= 0.3 is 0 Å². The van der Waals surface area contributed by atoms with Gasteiger partial charge in [0.1, 0.15) is 0 Å². The summed E-state index contributed by atoms with van der Waals surface area (Å²) >= 11 is 0. The molecule has 1 aliphatic heterocycles. The number of rotatable bonds is 4. The van der Waals surface area contributed by atoms with Crippen LogP contribution in [0.5, 0.6) is 0 Å². The second kappa shape index (κ2) is 5.48. The van der Waals surface area contributed by atoms with Crippen LogP contribution in [0.25, 0.3) is 11.0 Å². The number of nitrogen functional groups attached to an aromatic ring is 1. The third-order valence-electron chi connectivity index (χ3n) is 3.68. The molecule has 0 amide bonds. The smallest absolute Gasteiger partial charge is 0.201 e. The summed E-state index contributed by atoms with van der Waals surface area (Å²) in [5, 5.41) is 3.35. The number of nitrogens with two attached hydrogens (primary N) is 1. The molecular weight excluding hydrogens is 238 g/mol. The van der Waals surface area contributed by atoms with Gasteiger partial charge in [0.05, 0.1) is 11.0 Å². The maximum Gasteiger partial charge on any atom is 0.201 e. The van der Waals surface area contributed by atoms with Crippen molar-refractivity contribution in [2.45, 2.75) is 19.3 Å². The molecule has 5 heteroatoms. The van der Waals surface area contributed by atoms with Crippen molar-refractivity contribution in [3.63, 3.8) is 0 Å². The average Bonchev–Trinajstić information content (AvgIpc) is 2.82. The topological polar surface area (TPSA) is 70.0 Å². The molecule has 0 radical (unpaired) electrons. The monoisotopic (exact) mass is 259 g/mol. The second-order valence-corrected chi connectivity index (χ2v) is 5.19. The molecule has 1 fully saturated rings. The number of piperidine rings is 1. The lowest BCUT2D eigenvalue weighted by atomic mass is 10.1. The molecule has 5 nitrogen and oxygen atoms in total. The molecule has 19 heavy (non-hydrogen) atoms. The second-order valence-electron chi connectivity index (χ2n) is 5.19. The molecule has 2 aromatic rings.